The van der Waals surface area contributed by atoms with Crippen molar-refractivity contribution in [3.05, 3.63) is 59.1 Å². The number of rotatable bonds is 4. The van der Waals surface area contributed by atoms with E-state index in [1.165, 1.54) is 0 Å². The molecule has 1 aliphatic rings. The number of aliphatic imine (C=N–C) groups is 1. The zero-order valence-corrected chi connectivity index (χ0v) is 15.7. The number of amides is 1. The fourth-order valence-electron chi connectivity index (χ4n) is 2.45. The second-order valence-corrected chi connectivity index (χ2v) is 7.26. The summed E-state index contributed by atoms with van der Waals surface area (Å²) < 4.78 is 5.73. The third-order valence-electron chi connectivity index (χ3n) is 3.75. The summed E-state index contributed by atoms with van der Waals surface area (Å²) in [5.41, 5.74) is 1.73. The maximum Gasteiger partial charge on any atom is 0.271 e. The summed E-state index contributed by atoms with van der Waals surface area (Å²) in [4.78, 5) is 19.1. The first kappa shape index (κ1) is 17.8. The van der Waals surface area contributed by atoms with E-state index < -0.39 is 0 Å². The number of nitrogens with zero attached hydrogens (tertiary/aromatic N) is 2. The number of amidine groups is 1. The lowest BCUT2D eigenvalue weighted by molar-refractivity contribution is -0.119. The van der Waals surface area contributed by atoms with E-state index in [4.69, 9.17) is 16.3 Å². The van der Waals surface area contributed by atoms with Gasteiger partial charge in [0.25, 0.3) is 5.91 Å². The molecule has 6 heteroatoms. The van der Waals surface area contributed by atoms with E-state index in [1.807, 2.05) is 50.2 Å². The lowest BCUT2D eigenvalue weighted by Crippen LogP contribution is -2.38. The Morgan fingerprint density at radius 1 is 1.28 bits per heavy atom. The van der Waals surface area contributed by atoms with Crippen molar-refractivity contribution in [2.24, 2.45) is 4.99 Å². The molecule has 2 aromatic carbocycles. The van der Waals surface area contributed by atoms with Gasteiger partial charge < -0.3 is 4.74 Å². The molecule has 0 bridgehead atoms. The molecule has 1 heterocycles. The first-order valence-corrected chi connectivity index (χ1v) is 9.38. The fraction of sp³-hybridized carbons (Fsp3) is 0.263. The highest BCUT2D eigenvalue weighted by atomic mass is 35.5. The van der Waals surface area contributed by atoms with Gasteiger partial charge in [-0.1, -0.05) is 41.6 Å². The van der Waals surface area contributed by atoms with E-state index in [0.29, 0.717) is 15.9 Å². The third-order valence-corrected chi connectivity index (χ3v) is 5.20. The number of hydrogen-bond acceptors (Lipinski definition) is 4. The highest BCUT2D eigenvalue weighted by molar-refractivity contribution is 8.14. The van der Waals surface area contributed by atoms with Crippen molar-refractivity contribution in [3.8, 4) is 5.75 Å². The van der Waals surface area contributed by atoms with Crippen molar-refractivity contribution < 1.29 is 9.53 Å². The van der Waals surface area contributed by atoms with E-state index in [9.17, 15) is 4.79 Å². The number of thioether (sulfide) groups is 1. The van der Waals surface area contributed by atoms with Gasteiger partial charge >= 0.3 is 0 Å². The molecule has 0 N–H and O–H groups in total. The van der Waals surface area contributed by atoms with Crippen LogP contribution in [0.25, 0.3) is 0 Å². The van der Waals surface area contributed by atoms with Crippen molar-refractivity contribution in [1.82, 2.24) is 0 Å². The van der Waals surface area contributed by atoms with Gasteiger partial charge in [-0.2, -0.15) is 0 Å². The van der Waals surface area contributed by atoms with Crippen molar-refractivity contribution in [1.29, 1.82) is 0 Å². The van der Waals surface area contributed by atoms with Crippen LogP contribution in [0.15, 0.2) is 53.5 Å². The number of carbonyl (C=O) groups excluding carboxylic acids is 1. The molecule has 25 heavy (non-hydrogen) atoms. The van der Waals surface area contributed by atoms with Crippen LogP contribution in [-0.4, -0.2) is 29.5 Å². The molecule has 0 aliphatic carbocycles. The van der Waals surface area contributed by atoms with Crippen molar-refractivity contribution >= 4 is 40.1 Å². The van der Waals surface area contributed by atoms with E-state index in [1.54, 1.807) is 28.8 Å². The first-order valence-electron chi connectivity index (χ1n) is 8.02. The normalized spacial score (nSPS) is 16.4. The van der Waals surface area contributed by atoms with E-state index in [-0.39, 0.29) is 18.6 Å². The Morgan fingerprint density at radius 2 is 2.00 bits per heavy atom. The maximum atomic E-state index is 12.9. The number of halogens is 1. The van der Waals surface area contributed by atoms with Crippen LogP contribution >= 0.6 is 23.4 Å². The number of benzene rings is 2. The second-order valence-electron chi connectivity index (χ2n) is 5.83. The predicted octanol–water partition coefficient (Wildman–Crippen LogP) is 4.55. The van der Waals surface area contributed by atoms with Gasteiger partial charge in [-0.05, 0) is 49.7 Å². The van der Waals surface area contributed by atoms with Crippen LogP contribution < -0.4 is 9.64 Å². The Balaban J connectivity index is 1.81. The van der Waals surface area contributed by atoms with Crippen LogP contribution in [0.3, 0.4) is 0 Å². The lowest BCUT2D eigenvalue weighted by atomic mass is 10.2. The van der Waals surface area contributed by atoms with Gasteiger partial charge in [0.2, 0.25) is 0 Å². The third kappa shape index (κ3) is 4.35. The summed E-state index contributed by atoms with van der Waals surface area (Å²) in [6.07, 6.45) is 0. The van der Waals surface area contributed by atoms with Crippen LogP contribution in [0.2, 0.25) is 5.02 Å². The lowest BCUT2D eigenvalue weighted by Gasteiger charge is -2.22. The maximum absolute atomic E-state index is 12.9. The van der Waals surface area contributed by atoms with Crippen molar-refractivity contribution in [3.63, 3.8) is 0 Å². The topological polar surface area (TPSA) is 41.9 Å². The van der Waals surface area contributed by atoms with Crippen LogP contribution in [0.5, 0.6) is 5.75 Å². The molecular weight excluding hydrogens is 356 g/mol. The SMILES string of the molecule is Cc1ccccc1OCC(=O)N(C1=NC(C)CS1)c1ccc(Cl)cc1. The number of ether oxygens (including phenoxy) is 1. The molecular formula is C19H19ClN2O2S. The molecule has 130 valence electrons. The molecule has 0 saturated heterocycles. The van der Waals surface area contributed by atoms with E-state index in [2.05, 4.69) is 4.99 Å². The molecule has 0 saturated carbocycles. The Morgan fingerprint density at radius 3 is 2.64 bits per heavy atom. The minimum absolute atomic E-state index is 0.0541. The number of hydrogen-bond donors (Lipinski definition) is 0. The summed E-state index contributed by atoms with van der Waals surface area (Å²) in [6, 6.07) is 15.0. The first-order chi connectivity index (χ1) is 12.0. The minimum atomic E-state index is -0.161. The molecule has 3 rings (SSSR count). The average Bonchev–Trinajstić information content (AvgIpc) is 3.02. The summed E-state index contributed by atoms with van der Waals surface area (Å²) in [7, 11) is 0. The Hall–Kier alpha value is -1.98. The van der Waals surface area contributed by atoms with Gasteiger partial charge in [-0.3, -0.25) is 14.7 Å². The molecule has 4 nitrogen and oxygen atoms in total. The number of carbonyl (C=O) groups is 1. The zero-order chi connectivity index (χ0) is 17.8. The second kappa shape index (κ2) is 7.93. The smallest absolute Gasteiger partial charge is 0.271 e. The average molecular weight is 375 g/mol. The Kier molecular flexibility index (Phi) is 5.66. The summed E-state index contributed by atoms with van der Waals surface area (Å²) in [6.45, 7) is 3.94. The van der Waals surface area contributed by atoms with Crippen molar-refractivity contribution in [2.45, 2.75) is 19.9 Å². The number of anilines is 1. The summed E-state index contributed by atoms with van der Waals surface area (Å²) >= 11 is 7.55. The van der Waals surface area contributed by atoms with Gasteiger partial charge in [0.05, 0.1) is 11.7 Å². The quantitative estimate of drug-likeness (QED) is 0.788. The highest BCUT2D eigenvalue weighted by Crippen LogP contribution is 2.27. The molecule has 0 radical (unpaired) electrons. The predicted molar refractivity (Wildman–Crippen MR) is 105 cm³/mol. The highest BCUT2D eigenvalue weighted by Gasteiger charge is 2.27. The van der Waals surface area contributed by atoms with Crippen LogP contribution in [-0.2, 0) is 4.79 Å². The molecule has 1 aliphatic heterocycles. The van der Waals surface area contributed by atoms with Gasteiger partial charge in [-0.15, -0.1) is 0 Å². The molecule has 1 amide bonds. The molecule has 1 atom stereocenters. The fourth-order valence-corrected chi connectivity index (χ4v) is 3.64. The standard InChI is InChI=1S/C19H19ClN2O2S/c1-13-5-3-4-6-17(13)24-11-18(23)22(19-21-14(2)12-25-19)16-9-7-15(20)8-10-16/h3-10,14H,11-12H2,1-2H3. The summed E-state index contributed by atoms with van der Waals surface area (Å²) in [5, 5.41) is 1.33. The summed E-state index contributed by atoms with van der Waals surface area (Å²) in [5.74, 6) is 1.41. The molecule has 0 fully saturated rings. The Labute approximate surface area is 156 Å². The van der Waals surface area contributed by atoms with Gasteiger partial charge in [-0.25, -0.2) is 0 Å². The van der Waals surface area contributed by atoms with Crippen LogP contribution in [0, 0.1) is 6.92 Å². The van der Waals surface area contributed by atoms with Crippen LogP contribution in [0.4, 0.5) is 5.69 Å². The number of aryl methyl sites for hydroxylation is 1. The number of para-hydroxylation sites is 1. The molecule has 1 unspecified atom stereocenters. The molecule has 0 aromatic heterocycles. The zero-order valence-electron chi connectivity index (χ0n) is 14.1. The van der Waals surface area contributed by atoms with Gasteiger partial charge in [0.15, 0.2) is 11.8 Å². The van der Waals surface area contributed by atoms with Gasteiger partial charge in [0.1, 0.15) is 5.75 Å². The molecule has 2 aromatic rings. The monoisotopic (exact) mass is 374 g/mol. The van der Waals surface area contributed by atoms with Crippen molar-refractivity contribution in [2.75, 3.05) is 17.3 Å². The van der Waals surface area contributed by atoms with Crippen LogP contribution in [0.1, 0.15) is 12.5 Å². The van der Waals surface area contributed by atoms with Gasteiger partial charge in [0, 0.05) is 10.8 Å². The Bertz CT molecular complexity index is 792. The van der Waals surface area contributed by atoms with E-state index >= 15 is 0 Å². The minimum Gasteiger partial charge on any atom is -0.483 e. The van der Waals surface area contributed by atoms with E-state index in [0.717, 1.165) is 17.0 Å². The largest absolute Gasteiger partial charge is 0.483 e. The molecule has 0 spiro atoms.